The molecule has 0 bridgehead atoms. The van der Waals surface area contributed by atoms with E-state index in [1.807, 2.05) is 6.92 Å². The average Bonchev–Trinajstić information content (AvgIpc) is 3.00. The molecule has 0 spiro atoms. The molecule has 1 aliphatic rings. The molecule has 0 aliphatic carbocycles. The lowest BCUT2D eigenvalue weighted by Gasteiger charge is -2.25. The Morgan fingerprint density at radius 2 is 1.72 bits per heavy atom. The third-order valence-corrected chi connectivity index (χ3v) is 6.01. The number of aliphatic hydroxyl groups excluding tert-OH is 1. The highest BCUT2D eigenvalue weighted by molar-refractivity contribution is 6.47. The lowest BCUT2D eigenvalue weighted by atomic mass is 9.94. The van der Waals surface area contributed by atoms with Crippen molar-refractivity contribution in [2.24, 2.45) is 0 Å². The van der Waals surface area contributed by atoms with Gasteiger partial charge in [-0.15, -0.1) is 0 Å². The fraction of sp³-hybridized carbons (Fsp3) is 0.273. The number of aliphatic hydroxyl groups is 1. The van der Waals surface area contributed by atoms with Gasteiger partial charge in [0.25, 0.3) is 11.7 Å². The largest absolute Gasteiger partial charge is 0.507 e. The van der Waals surface area contributed by atoms with Crippen molar-refractivity contribution in [3.05, 3.63) is 56.0 Å². The van der Waals surface area contributed by atoms with E-state index in [2.05, 4.69) is 0 Å². The highest BCUT2D eigenvalue weighted by Gasteiger charge is 2.46. The Hall–Kier alpha value is -2.61. The number of phenols is 1. The highest BCUT2D eigenvalue weighted by Crippen LogP contribution is 2.47. The first-order valence-corrected chi connectivity index (χ1v) is 10.7. The van der Waals surface area contributed by atoms with Crippen LogP contribution in [0.5, 0.6) is 17.2 Å². The van der Waals surface area contributed by atoms with Crippen molar-refractivity contribution in [1.29, 1.82) is 0 Å². The molecule has 1 unspecified atom stereocenters. The first-order chi connectivity index (χ1) is 15.2. The number of carbonyl (C=O) groups is 2. The molecule has 2 aromatic carbocycles. The van der Waals surface area contributed by atoms with E-state index in [0.29, 0.717) is 12.0 Å². The highest BCUT2D eigenvalue weighted by atomic mass is 35.5. The molecular formula is C22H20Cl3NO6. The van der Waals surface area contributed by atoms with Crippen LogP contribution >= 0.6 is 34.8 Å². The smallest absolute Gasteiger partial charge is 0.295 e. The number of ketones is 1. The van der Waals surface area contributed by atoms with Crippen molar-refractivity contribution in [1.82, 2.24) is 4.90 Å². The van der Waals surface area contributed by atoms with Crippen LogP contribution in [0, 0.1) is 0 Å². The maximum Gasteiger partial charge on any atom is 0.295 e. The molecule has 0 aromatic heterocycles. The molecule has 7 nitrogen and oxygen atoms in total. The summed E-state index contributed by atoms with van der Waals surface area (Å²) in [6.45, 7) is 2.11. The van der Waals surface area contributed by atoms with Crippen LogP contribution in [0.4, 0.5) is 0 Å². The van der Waals surface area contributed by atoms with E-state index < -0.39 is 23.5 Å². The van der Waals surface area contributed by atoms with Crippen LogP contribution in [0.1, 0.15) is 30.5 Å². The fourth-order valence-electron chi connectivity index (χ4n) is 3.68. The molecule has 1 amide bonds. The fourth-order valence-corrected chi connectivity index (χ4v) is 4.56. The van der Waals surface area contributed by atoms with Crippen molar-refractivity contribution >= 4 is 52.3 Å². The summed E-state index contributed by atoms with van der Waals surface area (Å²) in [4.78, 5) is 27.2. The summed E-state index contributed by atoms with van der Waals surface area (Å²) >= 11 is 18.6. The number of likely N-dealkylation sites (tertiary alicyclic amines) is 1. The minimum Gasteiger partial charge on any atom is -0.507 e. The van der Waals surface area contributed by atoms with E-state index in [-0.39, 0.29) is 50.0 Å². The number of benzene rings is 2. The van der Waals surface area contributed by atoms with Crippen LogP contribution < -0.4 is 9.47 Å². The van der Waals surface area contributed by atoms with Gasteiger partial charge in [0.05, 0.1) is 41.4 Å². The van der Waals surface area contributed by atoms with Crippen molar-refractivity contribution in [3.63, 3.8) is 0 Å². The number of carbonyl (C=O) groups excluding carboxylic acids is 2. The maximum absolute atomic E-state index is 13.0. The maximum atomic E-state index is 13.0. The summed E-state index contributed by atoms with van der Waals surface area (Å²) < 4.78 is 10.5. The van der Waals surface area contributed by atoms with Gasteiger partial charge in [-0.25, -0.2) is 0 Å². The van der Waals surface area contributed by atoms with Gasteiger partial charge in [0.15, 0.2) is 11.5 Å². The number of hydrogen-bond donors (Lipinski definition) is 2. The molecule has 0 saturated carbocycles. The zero-order valence-corrected chi connectivity index (χ0v) is 19.7. The van der Waals surface area contributed by atoms with Crippen LogP contribution in [0.3, 0.4) is 0 Å². The topological polar surface area (TPSA) is 96.3 Å². The number of methoxy groups -OCH3 is 2. The van der Waals surface area contributed by atoms with Gasteiger partial charge in [-0.3, -0.25) is 9.59 Å². The van der Waals surface area contributed by atoms with Crippen molar-refractivity contribution in [3.8, 4) is 17.2 Å². The second kappa shape index (κ2) is 9.48. The summed E-state index contributed by atoms with van der Waals surface area (Å²) in [7, 11) is 2.70. The van der Waals surface area contributed by atoms with E-state index in [1.54, 1.807) is 0 Å². The van der Waals surface area contributed by atoms with E-state index in [4.69, 9.17) is 44.3 Å². The third-order valence-electron chi connectivity index (χ3n) is 5.09. The van der Waals surface area contributed by atoms with Gasteiger partial charge in [-0.05, 0) is 30.2 Å². The van der Waals surface area contributed by atoms with Crippen molar-refractivity contribution in [2.75, 3.05) is 20.8 Å². The summed E-state index contributed by atoms with van der Waals surface area (Å²) in [6.07, 6.45) is 0.568. The SMILES string of the molecule is CCCN1C(=O)C(=O)/C(=C(/O)c2cc(Cl)c(OC)c(Cl)c2OC)C1c1ccc(O)c(Cl)c1. The predicted octanol–water partition coefficient (Wildman–Crippen LogP) is 5.20. The zero-order valence-electron chi connectivity index (χ0n) is 17.4. The predicted molar refractivity (Wildman–Crippen MR) is 122 cm³/mol. The zero-order chi connectivity index (χ0) is 23.7. The molecule has 1 fully saturated rings. The number of aromatic hydroxyl groups is 1. The number of phenolic OH excluding ortho intramolecular Hbond substituents is 1. The Morgan fingerprint density at radius 1 is 1.06 bits per heavy atom. The van der Waals surface area contributed by atoms with Crippen LogP contribution in [0.25, 0.3) is 5.76 Å². The molecule has 1 saturated heterocycles. The molecule has 10 heteroatoms. The van der Waals surface area contributed by atoms with E-state index >= 15 is 0 Å². The number of Topliss-reactive ketones (excluding diaryl/α,β-unsaturated/α-hetero) is 1. The van der Waals surface area contributed by atoms with Gasteiger partial charge >= 0.3 is 0 Å². The monoisotopic (exact) mass is 499 g/mol. The van der Waals surface area contributed by atoms with Gasteiger partial charge in [0.1, 0.15) is 16.5 Å². The Bertz CT molecular complexity index is 1130. The van der Waals surface area contributed by atoms with E-state index in [9.17, 15) is 19.8 Å². The lowest BCUT2D eigenvalue weighted by molar-refractivity contribution is -0.139. The number of halogens is 3. The minimum absolute atomic E-state index is 0.00364. The molecule has 170 valence electrons. The molecule has 0 radical (unpaired) electrons. The Labute approximate surface area is 199 Å². The summed E-state index contributed by atoms with van der Waals surface area (Å²) in [5.41, 5.74) is 0.278. The quantitative estimate of drug-likeness (QED) is 0.321. The van der Waals surface area contributed by atoms with Gasteiger partial charge in [-0.1, -0.05) is 47.8 Å². The second-order valence-corrected chi connectivity index (χ2v) is 8.18. The van der Waals surface area contributed by atoms with Gasteiger partial charge in [0, 0.05) is 6.54 Å². The normalized spacial score (nSPS) is 17.7. The van der Waals surface area contributed by atoms with E-state index in [1.165, 1.54) is 43.4 Å². The van der Waals surface area contributed by atoms with E-state index in [0.717, 1.165) is 0 Å². The third kappa shape index (κ3) is 3.96. The Kier molecular flexibility index (Phi) is 7.12. The molecular weight excluding hydrogens is 481 g/mol. The van der Waals surface area contributed by atoms with Crippen LogP contribution in [-0.2, 0) is 9.59 Å². The molecule has 1 heterocycles. The first-order valence-electron chi connectivity index (χ1n) is 9.55. The second-order valence-electron chi connectivity index (χ2n) is 6.99. The van der Waals surface area contributed by atoms with Crippen molar-refractivity contribution < 1.29 is 29.3 Å². The Balaban J connectivity index is 2.32. The first kappa shape index (κ1) is 24.0. The molecule has 2 N–H and O–H groups in total. The number of amides is 1. The molecule has 3 rings (SSSR count). The molecule has 1 aliphatic heterocycles. The number of nitrogens with zero attached hydrogens (tertiary/aromatic N) is 1. The lowest BCUT2D eigenvalue weighted by Crippen LogP contribution is -2.30. The van der Waals surface area contributed by atoms with Gasteiger partial charge in [-0.2, -0.15) is 0 Å². The van der Waals surface area contributed by atoms with Crippen LogP contribution in [0.15, 0.2) is 29.8 Å². The summed E-state index contributed by atoms with van der Waals surface area (Å²) in [6, 6.07) is 4.71. The van der Waals surface area contributed by atoms with Crippen molar-refractivity contribution in [2.45, 2.75) is 19.4 Å². The summed E-state index contributed by atoms with van der Waals surface area (Å²) in [5.74, 6) is -2.16. The Morgan fingerprint density at radius 3 is 2.28 bits per heavy atom. The molecule has 1 atom stereocenters. The average molecular weight is 501 g/mol. The molecule has 32 heavy (non-hydrogen) atoms. The summed E-state index contributed by atoms with van der Waals surface area (Å²) in [5, 5.41) is 21.1. The van der Waals surface area contributed by atoms with Crippen LogP contribution in [-0.4, -0.2) is 47.6 Å². The number of ether oxygens (including phenoxy) is 2. The van der Waals surface area contributed by atoms with Gasteiger partial charge < -0.3 is 24.6 Å². The number of rotatable bonds is 6. The van der Waals surface area contributed by atoms with Gasteiger partial charge in [0.2, 0.25) is 0 Å². The number of hydrogen-bond acceptors (Lipinski definition) is 6. The minimum atomic E-state index is -0.947. The standard InChI is InChI=1S/C22H20Cl3NO6/c1-4-7-26-17(10-5-6-14(27)12(23)8-10)15(19(29)22(26)30)18(28)11-9-13(24)21(32-3)16(25)20(11)31-2/h5-6,8-9,17,27-28H,4,7H2,1-3H3/b18-15+. The van der Waals surface area contributed by atoms with Crippen LogP contribution in [0.2, 0.25) is 15.1 Å². The molecule has 2 aromatic rings.